The Hall–Kier alpha value is -1.28. The van der Waals surface area contributed by atoms with Crippen molar-refractivity contribution in [2.75, 3.05) is 26.2 Å². The highest BCUT2D eigenvalue weighted by Gasteiger charge is 2.40. The molecule has 0 aliphatic carbocycles. The van der Waals surface area contributed by atoms with Crippen molar-refractivity contribution in [2.45, 2.75) is 25.3 Å². The summed E-state index contributed by atoms with van der Waals surface area (Å²) in [5, 5.41) is 3.26. The van der Waals surface area contributed by atoms with Crippen LogP contribution in [-0.4, -0.2) is 31.1 Å². The van der Waals surface area contributed by atoms with Crippen LogP contribution in [0.5, 0.6) is 0 Å². The zero-order valence-electron chi connectivity index (χ0n) is 13.0. The second-order valence-corrected chi connectivity index (χ2v) is 6.65. The van der Waals surface area contributed by atoms with Gasteiger partial charge in [0.25, 0.3) is 0 Å². The molecule has 2 fully saturated rings. The van der Waals surface area contributed by atoms with E-state index in [2.05, 4.69) is 5.32 Å². The first-order valence-corrected chi connectivity index (χ1v) is 7.80. The molecule has 3 rings (SSSR count). The Labute approximate surface area is 135 Å². The van der Waals surface area contributed by atoms with Gasteiger partial charge >= 0.3 is 12.4 Å². The summed E-state index contributed by atoms with van der Waals surface area (Å²) in [5.74, 6) is 0.834. The molecule has 0 amide bonds. The minimum atomic E-state index is -4.80. The third kappa shape index (κ3) is 3.39. The highest BCUT2D eigenvalue weighted by Crippen LogP contribution is 2.39. The van der Waals surface area contributed by atoms with Gasteiger partial charge in [-0.05, 0) is 55.6 Å². The quantitative estimate of drug-likeness (QED) is 0.812. The zero-order valence-corrected chi connectivity index (χ0v) is 13.0. The maximum Gasteiger partial charge on any atom is 0.416 e. The SMILES string of the molecule is CC(c1cc(C(F)(F)F)cc(C(F)(F)F)c1)N1C[C@H]2CNC[C@H]2C1. The standard InChI is InChI=1S/C16H18F6N2/c1-9(24-7-11-5-23-6-12(11)8-24)10-2-13(15(17,18)19)4-14(3-10)16(20,21)22/h2-4,9,11-12,23H,5-8H2,1H3/t9?,11-,12+. The molecule has 3 atom stereocenters. The summed E-state index contributed by atoms with van der Waals surface area (Å²) in [6.07, 6.45) is -9.61. The molecule has 8 heteroatoms. The Kier molecular flexibility index (Phi) is 4.32. The van der Waals surface area contributed by atoms with Crippen LogP contribution in [0.4, 0.5) is 26.3 Å². The van der Waals surface area contributed by atoms with E-state index in [0.717, 1.165) is 25.2 Å². The summed E-state index contributed by atoms with van der Waals surface area (Å²) >= 11 is 0. The van der Waals surface area contributed by atoms with E-state index in [1.165, 1.54) is 0 Å². The summed E-state index contributed by atoms with van der Waals surface area (Å²) in [5.41, 5.74) is -2.44. The Morgan fingerprint density at radius 3 is 1.79 bits per heavy atom. The van der Waals surface area contributed by atoms with Crippen molar-refractivity contribution >= 4 is 0 Å². The molecule has 2 saturated heterocycles. The van der Waals surface area contributed by atoms with Crippen molar-refractivity contribution in [3.05, 3.63) is 34.9 Å². The summed E-state index contributed by atoms with van der Waals surface area (Å²) in [6, 6.07) is 1.37. The second-order valence-electron chi connectivity index (χ2n) is 6.65. The lowest BCUT2D eigenvalue weighted by Gasteiger charge is -2.27. The summed E-state index contributed by atoms with van der Waals surface area (Å²) in [6.45, 7) is 4.76. The molecule has 0 spiro atoms. The lowest BCUT2D eigenvalue weighted by Crippen LogP contribution is -2.29. The van der Waals surface area contributed by atoms with Crippen LogP contribution in [-0.2, 0) is 12.4 Å². The molecule has 0 bridgehead atoms. The van der Waals surface area contributed by atoms with Gasteiger partial charge in [-0.25, -0.2) is 0 Å². The van der Waals surface area contributed by atoms with Crippen LogP contribution in [0, 0.1) is 11.8 Å². The fourth-order valence-electron chi connectivity index (χ4n) is 3.64. The third-order valence-corrected chi connectivity index (χ3v) is 5.06. The lowest BCUT2D eigenvalue weighted by molar-refractivity contribution is -0.143. The normalized spacial score (nSPS) is 26.6. The third-order valence-electron chi connectivity index (χ3n) is 5.06. The van der Waals surface area contributed by atoms with E-state index in [1.54, 1.807) is 6.92 Å². The number of likely N-dealkylation sites (tertiary alicyclic amines) is 1. The Morgan fingerprint density at radius 2 is 1.38 bits per heavy atom. The molecule has 0 aromatic heterocycles. The molecule has 1 unspecified atom stereocenters. The minimum absolute atomic E-state index is 0.0603. The first-order chi connectivity index (χ1) is 11.1. The molecule has 134 valence electrons. The van der Waals surface area contributed by atoms with E-state index in [0.29, 0.717) is 24.9 Å². The van der Waals surface area contributed by atoms with Gasteiger partial charge in [-0.2, -0.15) is 26.3 Å². The number of nitrogens with one attached hydrogen (secondary N) is 1. The second kappa shape index (κ2) is 5.91. The summed E-state index contributed by atoms with van der Waals surface area (Å²) in [7, 11) is 0. The highest BCUT2D eigenvalue weighted by molar-refractivity contribution is 5.35. The van der Waals surface area contributed by atoms with E-state index >= 15 is 0 Å². The molecule has 1 aromatic carbocycles. The van der Waals surface area contributed by atoms with E-state index in [9.17, 15) is 26.3 Å². The molecule has 2 heterocycles. The Bertz CT molecular complexity index is 565. The molecule has 1 aromatic rings. The average molecular weight is 352 g/mol. The molecule has 0 radical (unpaired) electrons. The minimum Gasteiger partial charge on any atom is -0.316 e. The van der Waals surface area contributed by atoms with Gasteiger partial charge in [0.1, 0.15) is 0 Å². The van der Waals surface area contributed by atoms with Crippen LogP contribution in [0.2, 0.25) is 0 Å². The van der Waals surface area contributed by atoms with Crippen molar-refractivity contribution in [3.63, 3.8) is 0 Å². The molecule has 2 aliphatic rings. The summed E-state index contributed by atoms with van der Waals surface area (Å²) < 4.78 is 77.9. The zero-order chi connectivity index (χ0) is 17.7. The largest absolute Gasteiger partial charge is 0.416 e. The molecular formula is C16H18F6N2. The lowest BCUT2D eigenvalue weighted by atomic mass is 9.99. The van der Waals surface area contributed by atoms with Gasteiger partial charge in [-0.15, -0.1) is 0 Å². The fraction of sp³-hybridized carbons (Fsp3) is 0.625. The van der Waals surface area contributed by atoms with E-state index in [1.807, 2.05) is 4.90 Å². The van der Waals surface area contributed by atoms with Crippen LogP contribution in [0.15, 0.2) is 18.2 Å². The highest BCUT2D eigenvalue weighted by atomic mass is 19.4. The number of hydrogen-bond donors (Lipinski definition) is 1. The van der Waals surface area contributed by atoms with Crippen LogP contribution in [0.1, 0.15) is 29.7 Å². The first-order valence-electron chi connectivity index (χ1n) is 7.80. The number of hydrogen-bond acceptors (Lipinski definition) is 2. The molecule has 1 N–H and O–H groups in total. The number of alkyl halides is 6. The van der Waals surface area contributed by atoms with Gasteiger partial charge in [-0.1, -0.05) is 0 Å². The first kappa shape index (κ1) is 17.5. The van der Waals surface area contributed by atoms with Crippen molar-refractivity contribution in [3.8, 4) is 0 Å². The Balaban J connectivity index is 1.91. The molecule has 24 heavy (non-hydrogen) atoms. The number of halogens is 6. The fourth-order valence-corrected chi connectivity index (χ4v) is 3.64. The van der Waals surface area contributed by atoms with Gasteiger partial charge < -0.3 is 5.32 Å². The van der Waals surface area contributed by atoms with Crippen molar-refractivity contribution in [1.29, 1.82) is 0 Å². The molecule has 0 saturated carbocycles. The van der Waals surface area contributed by atoms with E-state index < -0.39 is 29.5 Å². The van der Waals surface area contributed by atoms with Gasteiger partial charge in [-0.3, -0.25) is 4.90 Å². The predicted octanol–water partition coefficient (Wildman–Crippen LogP) is 3.94. The Morgan fingerprint density at radius 1 is 0.917 bits per heavy atom. The van der Waals surface area contributed by atoms with Gasteiger partial charge in [0.2, 0.25) is 0 Å². The predicted molar refractivity (Wildman–Crippen MR) is 76.3 cm³/mol. The van der Waals surface area contributed by atoms with Crippen molar-refractivity contribution in [1.82, 2.24) is 10.2 Å². The number of benzene rings is 1. The summed E-state index contributed by atoms with van der Waals surface area (Å²) in [4.78, 5) is 1.98. The topological polar surface area (TPSA) is 15.3 Å². The van der Waals surface area contributed by atoms with E-state index in [4.69, 9.17) is 0 Å². The number of fused-ring (bicyclic) bond motifs is 1. The van der Waals surface area contributed by atoms with Crippen molar-refractivity contribution in [2.24, 2.45) is 11.8 Å². The van der Waals surface area contributed by atoms with Crippen LogP contribution in [0.3, 0.4) is 0 Å². The maximum atomic E-state index is 13.0. The number of nitrogens with zero attached hydrogens (tertiary/aromatic N) is 1. The van der Waals surface area contributed by atoms with Gasteiger partial charge in [0.05, 0.1) is 11.1 Å². The smallest absolute Gasteiger partial charge is 0.316 e. The molecule has 2 nitrogen and oxygen atoms in total. The van der Waals surface area contributed by atoms with Crippen LogP contribution >= 0.6 is 0 Å². The van der Waals surface area contributed by atoms with E-state index in [-0.39, 0.29) is 11.6 Å². The van der Waals surface area contributed by atoms with Gasteiger partial charge in [0, 0.05) is 19.1 Å². The van der Waals surface area contributed by atoms with Crippen molar-refractivity contribution < 1.29 is 26.3 Å². The maximum absolute atomic E-state index is 13.0. The molecular weight excluding hydrogens is 334 g/mol. The monoisotopic (exact) mass is 352 g/mol. The molecule has 2 aliphatic heterocycles. The number of rotatable bonds is 2. The van der Waals surface area contributed by atoms with Gasteiger partial charge in [0.15, 0.2) is 0 Å². The van der Waals surface area contributed by atoms with Crippen LogP contribution < -0.4 is 5.32 Å². The average Bonchev–Trinajstić information content (AvgIpc) is 3.05. The van der Waals surface area contributed by atoms with Crippen LogP contribution in [0.25, 0.3) is 0 Å².